The summed E-state index contributed by atoms with van der Waals surface area (Å²) in [6, 6.07) is 24.2. The molecule has 186 valence electrons. The molecule has 0 spiro atoms. The van der Waals surface area contributed by atoms with Crippen molar-refractivity contribution in [3.63, 3.8) is 0 Å². The van der Waals surface area contributed by atoms with Crippen LogP contribution < -0.4 is 0 Å². The first-order valence-corrected chi connectivity index (χ1v) is 14.0. The Hall–Kier alpha value is -3.97. The lowest BCUT2D eigenvalue weighted by atomic mass is 9.67. The zero-order valence-electron chi connectivity index (χ0n) is 21.9. The van der Waals surface area contributed by atoms with Crippen LogP contribution in [0, 0.1) is 37.0 Å². The van der Waals surface area contributed by atoms with E-state index in [-0.39, 0.29) is 0 Å². The molecular formula is C34H30N4. The molecule has 4 aliphatic rings. The van der Waals surface area contributed by atoms with Crippen molar-refractivity contribution in [3.8, 4) is 23.0 Å². The minimum Gasteiger partial charge on any atom is -0.309 e. The fraction of sp³-hybridized carbons (Fsp3) is 0.324. The average Bonchev–Trinajstić information content (AvgIpc) is 3.17. The molecule has 2 saturated carbocycles. The summed E-state index contributed by atoms with van der Waals surface area (Å²) in [5, 5.41) is 12.7. The molecule has 0 radical (unpaired) electrons. The van der Waals surface area contributed by atoms with E-state index in [1.165, 1.54) is 65.3 Å². The highest BCUT2D eigenvalue weighted by atomic mass is 15.0. The van der Waals surface area contributed by atoms with Gasteiger partial charge in [0.15, 0.2) is 5.69 Å². The number of nitriles is 1. The molecule has 0 saturated heterocycles. The Labute approximate surface area is 223 Å². The molecule has 5 aromatic rings. The second-order valence-corrected chi connectivity index (χ2v) is 11.9. The molecular weight excluding hydrogens is 464 g/mol. The van der Waals surface area contributed by atoms with Crippen LogP contribution in [-0.2, 0) is 0 Å². The van der Waals surface area contributed by atoms with Crippen LogP contribution in [0.15, 0.2) is 60.7 Å². The number of hydrogen-bond donors (Lipinski definition) is 0. The molecule has 0 amide bonds. The van der Waals surface area contributed by atoms with Gasteiger partial charge in [0.1, 0.15) is 11.8 Å². The van der Waals surface area contributed by atoms with Crippen molar-refractivity contribution in [1.29, 1.82) is 5.26 Å². The summed E-state index contributed by atoms with van der Waals surface area (Å²) in [5.41, 5.74) is 10.5. The highest BCUT2D eigenvalue weighted by molar-refractivity contribution is 6.09. The van der Waals surface area contributed by atoms with Gasteiger partial charge in [0.05, 0.1) is 22.4 Å². The van der Waals surface area contributed by atoms with Gasteiger partial charge in [0.25, 0.3) is 0 Å². The van der Waals surface area contributed by atoms with Crippen LogP contribution in [0.25, 0.3) is 38.8 Å². The van der Waals surface area contributed by atoms with Gasteiger partial charge in [-0.3, -0.25) is 0 Å². The van der Waals surface area contributed by atoms with Crippen LogP contribution in [0.1, 0.15) is 72.1 Å². The molecule has 4 nitrogen and oxygen atoms in total. The number of nitrogens with zero attached hydrogens (tertiary/aromatic N) is 4. The monoisotopic (exact) mass is 494 g/mol. The van der Waals surface area contributed by atoms with E-state index in [1.54, 1.807) is 0 Å². The summed E-state index contributed by atoms with van der Waals surface area (Å²) in [6.07, 6.45) is 6.31. The molecule has 2 heterocycles. The Balaban J connectivity index is 1.32. The summed E-state index contributed by atoms with van der Waals surface area (Å²) in [7, 11) is 0. The lowest BCUT2D eigenvalue weighted by Gasteiger charge is -2.38. The number of hydrogen-bond acceptors (Lipinski definition) is 3. The number of fused-ring (bicyclic) bond motifs is 3. The minimum absolute atomic E-state index is 0.482. The van der Waals surface area contributed by atoms with Gasteiger partial charge in [-0.15, -0.1) is 0 Å². The number of benzene rings is 3. The maximum Gasteiger partial charge on any atom is 0.167 e. The molecule has 3 aromatic carbocycles. The van der Waals surface area contributed by atoms with Crippen LogP contribution in [0.5, 0.6) is 0 Å². The number of aryl methyl sites for hydroxylation is 2. The second kappa shape index (κ2) is 8.01. The first-order valence-electron chi connectivity index (χ1n) is 14.0. The predicted octanol–water partition coefficient (Wildman–Crippen LogP) is 8.12. The predicted molar refractivity (Wildman–Crippen MR) is 152 cm³/mol. The lowest BCUT2D eigenvalue weighted by Crippen LogP contribution is -2.25. The third-order valence-electron chi connectivity index (χ3n) is 9.59. The standard InChI is InChI=1S/C34H30N4/c1-19-12-31(38-29-9-5-3-7-25(29)26-8-4-6-10-30(26)38)20(2)11-27(19)34-28(18-35)36-32-23-14-21-13-22(15-23)17-24(16-21)33(32)37-34/h3-12,21-24H,13-17H2,1-2H3. The lowest BCUT2D eigenvalue weighted by molar-refractivity contribution is 0.164. The fourth-order valence-electron chi connectivity index (χ4n) is 8.10. The van der Waals surface area contributed by atoms with E-state index >= 15 is 0 Å². The zero-order chi connectivity index (χ0) is 25.5. The molecule has 9 rings (SSSR count). The summed E-state index contributed by atoms with van der Waals surface area (Å²) in [5.74, 6) is 2.59. The van der Waals surface area contributed by atoms with Crippen LogP contribution in [-0.4, -0.2) is 14.5 Å². The van der Waals surface area contributed by atoms with E-state index in [4.69, 9.17) is 9.97 Å². The van der Waals surface area contributed by atoms with Crippen LogP contribution in [0.3, 0.4) is 0 Å². The number of rotatable bonds is 2. The van der Waals surface area contributed by atoms with Crippen molar-refractivity contribution in [3.05, 3.63) is 88.9 Å². The third-order valence-corrected chi connectivity index (χ3v) is 9.59. The molecule has 2 aromatic heterocycles. The Bertz CT molecular complexity index is 1750. The van der Waals surface area contributed by atoms with Crippen molar-refractivity contribution < 1.29 is 0 Å². The molecule has 4 aliphatic carbocycles. The normalized spacial score (nSPS) is 23.5. The van der Waals surface area contributed by atoms with Crippen LogP contribution in [0.2, 0.25) is 0 Å². The third kappa shape index (κ3) is 3.08. The van der Waals surface area contributed by atoms with E-state index in [9.17, 15) is 5.26 Å². The van der Waals surface area contributed by atoms with Gasteiger partial charge in [0.2, 0.25) is 0 Å². The smallest absolute Gasteiger partial charge is 0.167 e. The average molecular weight is 495 g/mol. The van der Waals surface area contributed by atoms with E-state index < -0.39 is 0 Å². The minimum atomic E-state index is 0.482. The Morgan fingerprint density at radius 1 is 0.737 bits per heavy atom. The van der Waals surface area contributed by atoms with Gasteiger partial charge in [0, 0.05) is 33.9 Å². The molecule has 0 N–H and O–H groups in total. The quantitative estimate of drug-likeness (QED) is 0.249. The summed E-state index contributed by atoms with van der Waals surface area (Å²) < 4.78 is 2.38. The largest absolute Gasteiger partial charge is 0.309 e. The molecule has 0 aliphatic heterocycles. The molecule has 4 bridgehead atoms. The second-order valence-electron chi connectivity index (χ2n) is 11.9. The van der Waals surface area contributed by atoms with Gasteiger partial charge in [-0.1, -0.05) is 36.4 Å². The van der Waals surface area contributed by atoms with Crippen molar-refractivity contribution in [1.82, 2.24) is 14.5 Å². The Morgan fingerprint density at radius 3 is 1.92 bits per heavy atom. The molecule has 4 heteroatoms. The maximum absolute atomic E-state index is 10.2. The van der Waals surface area contributed by atoms with E-state index in [1.807, 2.05) is 0 Å². The molecule has 2 unspecified atom stereocenters. The van der Waals surface area contributed by atoms with Crippen molar-refractivity contribution >= 4 is 21.8 Å². The van der Waals surface area contributed by atoms with Gasteiger partial charge in [-0.2, -0.15) is 5.26 Å². The van der Waals surface area contributed by atoms with Crippen LogP contribution >= 0.6 is 0 Å². The van der Waals surface area contributed by atoms with Crippen molar-refractivity contribution in [2.75, 3.05) is 0 Å². The number of aromatic nitrogens is 3. The fourth-order valence-corrected chi connectivity index (χ4v) is 8.10. The maximum atomic E-state index is 10.2. The summed E-state index contributed by atoms with van der Waals surface area (Å²) in [4.78, 5) is 10.4. The Morgan fingerprint density at radius 2 is 1.32 bits per heavy atom. The van der Waals surface area contributed by atoms with Gasteiger partial charge in [-0.25, -0.2) is 9.97 Å². The van der Waals surface area contributed by atoms with Crippen molar-refractivity contribution in [2.45, 2.75) is 57.8 Å². The first-order chi connectivity index (χ1) is 18.6. The first kappa shape index (κ1) is 22.1. The number of para-hydroxylation sites is 2. The van der Waals surface area contributed by atoms with E-state index in [2.05, 4.69) is 85.1 Å². The highest BCUT2D eigenvalue weighted by Gasteiger charge is 2.44. The van der Waals surface area contributed by atoms with Gasteiger partial charge >= 0.3 is 0 Å². The topological polar surface area (TPSA) is 54.5 Å². The van der Waals surface area contributed by atoms with Gasteiger partial charge < -0.3 is 4.57 Å². The zero-order valence-corrected chi connectivity index (χ0v) is 21.9. The highest BCUT2D eigenvalue weighted by Crippen LogP contribution is 2.55. The van der Waals surface area contributed by atoms with Crippen molar-refractivity contribution in [2.24, 2.45) is 11.8 Å². The molecule has 2 atom stereocenters. The summed E-state index contributed by atoms with van der Waals surface area (Å²) in [6.45, 7) is 4.32. The Kier molecular flexibility index (Phi) is 4.65. The summed E-state index contributed by atoms with van der Waals surface area (Å²) >= 11 is 0. The van der Waals surface area contributed by atoms with Crippen LogP contribution in [0.4, 0.5) is 0 Å². The molecule has 38 heavy (non-hydrogen) atoms. The molecule has 2 fully saturated rings. The SMILES string of the molecule is Cc1cc(-n2c3ccccc3c3ccccc32)c(C)cc1-c1nc2c(nc1C#N)C1CC3CC(C1)CC2C3. The van der Waals surface area contributed by atoms with E-state index in [0.717, 1.165) is 39.9 Å². The van der Waals surface area contributed by atoms with E-state index in [0.29, 0.717) is 17.5 Å². The van der Waals surface area contributed by atoms with Gasteiger partial charge in [-0.05, 0) is 93.2 Å².